The van der Waals surface area contributed by atoms with Gasteiger partial charge in [-0.15, -0.1) is 6.58 Å². The predicted octanol–water partition coefficient (Wildman–Crippen LogP) is 3.97. The maximum Gasteiger partial charge on any atom is 0.410 e. The summed E-state index contributed by atoms with van der Waals surface area (Å²) in [5, 5.41) is 2.79. The van der Waals surface area contributed by atoms with Gasteiger partial charge in [0.15, 0.2) is 0 Å². The van der Waals surface area contributed by atoms with Crippen molar-refractivity contribution in [3.63, 3.8) is 0 Å². The first-order chi connectivity index (χ1) is 15.1. The molecule has 1 N–H and O–H groups in total. The van der Waals surface area contributed by atoms with Crippen molar-refractivity contribution >= 4 is 18.0 Å². The Morgan fingerprint density at radius 2 is 1.94 bits per heavy atom. The van der Waals surface area contributed by atoms with E-state index in [1.165, 1.54) is 12.0 Å². The van der Waals surface area contributed by atoms with Gasteiger partial charge in [-0.25, -0.2) is 9.59 Å². The summed E-state index contributed by atoms with van der Waals surface area (Å²) in [6.45, 7) is 4.32. The molecule has 1 aromatic carbocycles. The molecule has 2 amide bonds. The second-order valence-corrected chi connectivity index (χ2v) is 7.76. The monoisotopic (exact) mass is 430 g/mol. The van der Waals surface area contributed by atoms with Gasteiger partial charge in [-0.05, 0) is 37.7 Å². The fourth-order valence-corrected chi connectivity index (χ4v) is 3.71. The number of carbonyl (C=O) groups is 3. The number of esters is 1. The number of ether oxygens (including phenoxy) is 2. The molecule has 170 valence electrons. The van der Waals surface area contributed by atoms with E-state index in [9.17, 15) is 14.4 Å². The van der Waals surface area contributed by atoms with Crippen LogP contribution in [0, 0.1) is 0 Å². The number of rotatable bonds is 12. The van der Waals surface area contributed by atoms with Gasteiger partial charge in [0.25, 0.3) is 0 Å². The van der Waals surface area contributed by atoms with Crippen LogP contribution in [0.2, 0.25) is 0 Å². The molecule has 7 nitrogen and oxygen atoms in total. The highest BCUT2D eigenvalue weighted by Gasteiger charge is 2.36. The fourth-order valence-electron chi connectivity index (χ4n) is 3.71. The molecule has 0 aliphatic carbocycles. The molecule has 1 aromatic rings. The molecule has 1 saturated heterocycles. The van der Waals surface area contributed by atoms with E-state index in [1.54, 1.807) is 0 Å². The van der Waals surface area contributed by atoms with Crippen molar-refractivity contribution in [1.82, 2.24) is 10.2 Å². The Bertz CT molecular complexity index is 722. The topological polar surface area (TPSA) is 84.9 Å². The minimum atomic E-state index is -0.709. The number of benzene rings is 1. The third kappa shape index (κ3) is 8.07. The van der Waals surface area contributed by atoms with Crippen LogP contribution in [0.25, 0.3) is 0 Å². The van der Waals surface area contributed by atoms with Gasteiger partial charge in [0, 0.05) is 6.54 Å². The van der Waals surface area contributed by atoms with Crippen LogP contribution in [0.3, 0.4) is 0 Å². The van der Waals surface area contributed by atoms with Gasteiger partial charge < -0.3 is 14.8 Å². The fraction of sp³-hybridized carbons (Fsp3) is 0.542. The lowest BCUT2D eigenvalue weighted by Crippen LogP contribution is -2.51. The summed E-state index contributed by atoms with van der Waals surface area (Å²) in [6, 6.07) is 8.05. The number of nitrogens with one attached hydrogen (secondary N) is 1. The van der Waals surface area contributed by atoms with Gasteiger partial charge in [0.05, 0.1) is 7.11 Å². The second-order valence-electron chi connectivity index (χ2n) is 7.76. The molecule has 0 radical (unpaired) electrons. The maximum atomic E-state index is 12.9. The first-order valence-corrected chi connectivity index (χ1v) is 11.0. The second kappa shape index (κ2) is 13.5. The average Bonchev–Trinajstić information content (AvgIpc) is 3.29. The molecule has 2 atom stereocenters. The first-order valence-electron chi connectivity index (χ1n) is 11.0. The summed E-state index contributed by atoms with van der Waals surface area (Å²) >= 11 is 0. The van der Waals surface area contributed by atoms with Crippen LogP contribution in [-0.4, -0.2) is 48.6 Å². The number of unbranched alkanes of at least 4 members (excludes halogenated alkanes) is 4. The Morgan fingerprint density at radius 3 is 2.65 bits per heavy atom. The molecule has 2 rings (SSSR count). The lowest BCUT2D eigenvalue weighted by Gasteiger charge is -2.25. The third-order valence-corrected chi connectivity index (χ3v) is 5.45. The quantitative estimate of drug-likeness (QED) is 0.308. The molecule has 1 aliphatic heterocycles. The van der Waals surface area contributed by atoms with Gasteiger partial charge in [-0.3, -0.25) is 9.69 Å². The molecular weight excluding hydrogens is 396 g/mol. The van der Waals surface area contributed by atoms with Crippen LogP contribution >= 0.6 is 0 Å². The van der Waals surface area contributed by atoms with Crippen LogP contribution in [0.5, 0.6) is 0 Å². The minimum Gasteiger partial charge on any atom is -0.467 e. The summed E-state index contributed by atoms with van der Waals surface area (Å²) in [5.41, 5.74) is 0.884. The summed E-state index contributed by atoms with van der Waals surface area (Å²) in [4.78, 5) is 39.0. The Hall–Kier alpha value is -2.83. The highest BCUT2D eigenvalue weighted by Crippen LogP contribution is 2.20. The first kappa shape index (κ1) is 24.4. The van der Waals surface area contributed by atoms with Crippen LogP contribution in [0.4, 0.5) is 4.79 Å². The van der Waals surface area contributed by atoms with Crippen LogP contribution in [0.15, 0.2) is 43.0 Å². The molecule has 1 aliphatic rings. The molecule has 7 heteroatoms. The van der Waals surface area contributed by atoms with Crippen molar-refractivity contribution < 1.29 is 23.9 Å². The predicted molar refractivity (Wildman–Crippen MR) is 118 cm³/mol. The molecule has 1 heterocycles. The number of hydrogen-bond donors (Lipinski definition) is 1. The zero-order chi connectivity index (χ0) is 22.5. The Kier molecular flexibility index (Phi) is 10.6. The van der Waals surface area contributed by atoms with E-state index in [0.29, 0.717) is 25.8 Å². The molecule has 0 saturated carbocycles. The number of methoxy groups -OCH3 is 1. The minimum absolute atomic E-state index is 0.154. The average molecular weight is 431 g/mol. The van der Waals surface area contributed by atoms with Crippen molar-refractivity contribution in [2.75, 3.05) is 13.7 Å². The number of nitrogens with zero attached hydrogens (tertiary/aromatic N) is 1. The van der Waals surface area contributed by atoms with E-state index in [1.807, 2.05) is 36.4 Å². The van der Waals surface area contributed by atoms with Crippen LogP contribution < -0.4 is 5.32 Å². The molecule has 1 fully saturated rings. The molecule has 0 aromatic heterocycles. The number of allylic oxidation sites excluding steroid dienone is 1. The van der Waals surface area contributed by atoms with Crippen molar-refractivity contribution in [1.29, 1.82) is 0 Å². The SMILES string of the molecule is C=CCCCCCC[C@H](NC(=O)[C@H]1CCCN1C(=O)OCc1ccccc1)C(=O)OC. The van der Waals surface area contributed by atoms with Crippen LogP contribution in [0.1, 0.15) is 56.9 Å². The van der Waals surface area contributed by atoms with Crippen molar-refractivity contribution in [3.05, 3.63) is 48.6 Å². The smallest absolute Gasteiger partial charge is 0.410 e. The number of carbonyl (C=O) groups excluding carboxylic acids is 3. The molecule has 0 spiro atoms. The van der Waals surface area contributed by atoms with Crippen molar-refractivity contribution in [2.24, 2.45) is 0 Å². The van der Waals surface area contributed by atoms with E-state index in [4.69, 9.17) is 9.47 Å². The van der Waals surface area contributed by atoms with E-state index < -0.39 is 24.1 Å². The molecule has 0 unspecified atom stereocenters. The summed E-state index contributed by atoms with van der Waals surface area (Å²) in [6.07, 6.45) is 8.04. The lowest BCUT2D eigenvalue weighted by molar-refractivity contribution is -0.145. The highest BCUT2D eigenvalue weighted by atomic mass is 16.6. The van der Waals surface area contributed by atoms with Gasteiger partial charge in [0.1, 0.15) is 18.7 Å². The Balaban J connectivity index is 1.86. The van der Waals surface area contributed by atoms with Crippen molar-refractivity contribution in [3.8, 4) is 0 Å². The lowest BCUT2D eigenvalue weighted by atomic mass is 10.1. The van der Waals surface area contributed by atoms with Gasteiger partial charge in [0.2, 0.25) is 5.91 Å². The maximum absolute atomic E-state index is 12.9. The highest BCUT2D eigenvalue weighted by molar-refractivity contribution is 5.90. The van der Waals surface area contributed by atoms with E-state index in [2.05, 4.69) is 11.9 Å². The van der Waals surface area contributed by atoms with Gasteiger partial charge in [-0.2, -0.15) is 0 Å². The Morgan fingerprint density at radius 1 is 1.19 bits per heavy atom. The number of amides is 2. The summed E-state index contributed by atoms with van der Waals surface area (Å²) in [7, 11) is 1.31. The van der Waals surface area contributed by atoms with Crippen LogP contribution in [-0.2, 0) is 25.7 Å². The number of hydrogen-bond acceptors (Lipinski definition) is 5. The normalized spacial score (nSPS) is 16.4. The van der Waals surface area contributed by atoms with Gasteiger partial charge >= 0.3 is 12.1 Å². The standard InChI is InChI=1S/C24H34N2O5/c1-3-4-5-6-7-11-15-20(23(28)30-2)25-22(27)21-16-12-17-26(21)24(29)31-18-19-13-9-8-10-14-19/h3,8-10,13-14,20-21H,1,4-7,11-12,15-18H2,2H3,(H,25,27)/t20-,21+/m0/s1. The van der Waals surface area contributed by atoms with E-state index in [0.717, 1.165) is 37.7 Å². The van der Waals surface area contributed by atoms with E-state index >= 15 is 0 Å². The summed E-state index contributed by atoms with van der Waals surface area (Å²) < 4.78 is 10.2. The Labute approximate surface area is 184 Å². The molecule has 31 heavy (non-hydrogen) atoms. The molecular formula is C24H34N2O5. The summed E-state index contributed by atoms with van der Waals surface area (Å²) in [5.74, 6) is -0.799. The zero-order valence-corrected chi connectivity index (χ0v) is 18.4. The van der Waals surface area contributed by atoms with Gasteiger partial charge in [-0.1, -0.05) is 55.7 Å². The molecule has 0 bridgehead atoms. The number of likely N-dealkylation sites (tertiary alicyclic amines) is 1. The van der Waals surface area contributed by atoms with Crippen molar-refractivity contribution in [2.45, 2.75) is 70.1 Å². The zero-order valence-electron chi connectivity index (χ0n) is 18.4. The largest absolute Gasteiger partial charge is 0.467 e. The van der Waals surface area contributed by atoms with E-state index in [-0.39, 0.29) is 12.5 Å². The third-order valence-electron chi connectivity index (χ3n) is 5.45.